The average molecular weight is 411 g/mol. The second-order valence-electron chi connectivity index (χ2n) is 7.23. The molecule has 0 bridgehead atoms. The molecule has 7 heteroatoms. The van der Waals surface area contributed by atoms with Crippen molar-refractivity contribution in [3.63, 3.8) is 0 Å². The second-order valence-corrected chi connectivity index (χ2v) is 7.61. The third-order valence-electron chi connectivity index (χ3n) is 4.59. The Bertz CT molecular complexity index is 1080. The van der Waals surface area contributed by atoms with Crippen LogP contribution in [0.15, 0.2) is 41.5 Å². The molecule has 0 atom stereocenters. The molecule has 0 spiro atoms. The van der Waals surface area contributed by atoms with E-state index in [1.807, 2.05) is 32.0 Å². The summed E-state index contributed by atoms with van der Waals surface area (Å²) in [5, 5.41) is 11.5. The third kappa shape index (κ3) is 4.92. The van der Waals surface area contributed by atoms with Crippen molar-refractivity contribution in [2.75, 3.05) is 7.11 Å². The van der Waals surface area contributed by atoms with Crippen molar-refractivity contribution in [1.29, 1.82) is 0 Å². The highest BCUT2D eigenvalue weighted by Crippen LogP contribution is 2.29. The number of hydrogen-bond donors (Lipinski definition) is 1. The molecule has 29 heavy (non-hydrogen) atoms. The van der Waals surface area contributed by atoms with Gasteiger partial charge in [0.05, 0.1) is 13.3 Å². The fourth-order valence-electron chi connectivity index (χ4n) is 2.91. The lowest BCUT2D eigenvalue weighted by Crippen LogP contribution is -2.02. The Morgan fingerprint density at radius 2 is 1.97 bits per heavy atom. The van der Waals surface area contributed by atoms with Gasteiger partial charge in [-0.3, -0.25) is 5.10 Å². The van der Waals surface area contributed by atoms with E-state index in [9.17, 15) is 0 Å². The van der Waals surface area contributed by atoms with Crippen molar-refractivity contribution in [1.82, 2.24) is 14.9 Å². The molecule has 0 saturated carbocycles. The minimum Gasteiger partial charge on any atom is -0.493 e. The van der Waals surface area contributed by atoms with Crippen LogP contribution in [-0.2, 0) is 6.61 Å². The maximum absolute atomic E-state index is 6.02. The van der Waals surface area contributed by atoms with E-state index in [0.29, 0.717) is 22.9 Å². The molecule has 6 nitrogen and oxygen atoms in total. The molecular formula is C22H26N4O2S. The Morgan fingerprint density at radius 1 is 1.17 bits per heavy atom. The van der Waals surface area contributed by atoms with Gasteiger partial charge in [-0.2, -0.15) is 14.9 Å². The second kappa shape index (κ2) is 9.05. The predicted molar refractivity (Wildman–Crippen MR) is 118 cm³/mol. The molecule has 0 aliphatic heterocycles. The van der Waals surface area contributed by atoms with Crippen LogP contribution in [0.1, 0.15) is 47.8 Å². The van der Waals surface area contributed by atoms with Crippen LogP contribution in [0.4, 0.5) is 0 Å². The molecular weight excluding hydrogens is 384 g/mol. The van der Waals surface area contributed by atoms with Gasteiger partial charge in [0.2, 0.25) is 4.77 Å². The number of methoxy groups -OCH3 is 1. The lowest BCUT2D eigenvalue weighted by Gasteiger charge is -2.13. The number of hydrogen-bond acceptors (Lipinski definition) is 5. The van der Waals surface area contributed by atoms with E-state index in [-0.39, 0.29) is 5.92 Å². The van der Waals surface area contributed by atoms with E-state index < -0.39 is 0 Å². The standard InChI is InChI=1S/C22H26N4O2S/c1-14(2)21-24-25-22(29)26(21)23-12-17-8-9-19(20(11-17)27-5)28-13-18-10-15(3)6-7-16(18)4/h6-12,14H,13H2,1-5H3,(H,25,29)/b23-12-. The van der Waals surface area contributed by atoms with Crippen LogP contribution in [0.2, 0.25) is 0 Å². The zero-order valence-corrected chi connectivity index (χ0v) is 18.2. The van der Waals surface area contributed by atoms with Crippen molar-refractivity contribution >= 4 is 18.4 Å². The van der Waals surface area contributed by atoms with Crippen molar-refractivity contribution in [3.8, 4) is 11.5 Å². The fourth-order valence-corrected chi connectivity index (χ4v) is 3.09. The molecule has 2 aromatic carbocycles. The molecule has 3 aromatic rings. The third-order valence-corrected chi connectivity index (χ3v) is 4.85. The number of benzene rings is 2. The van der Waals surface area contributed by atoms with Gasteiger partial charge in [0, 0.05) is 5.92 Å². The molecule has 1 N–H and O–H groups in total. The average Bonchev–Trinajstić information content (AvgIpc) is 3.08. The highest BCUT2D eigenvalue weighted by molar-refractivity contribution is 7.71. The molecule has 1 heterocycles. The van der Waals surface area contributed by atoms with E-state index in [4.69, 9.17) is 21.7 Å². The van der Waals surface area contributed by atoms with Gasteiger partial charge in [0.15, 0.2) is 17.3 Å². The van der Waals surface area contributed by atoms with Gasteiger partial charge in [-0.05, 0) is 61.0 Å². The smallest absolute Gasteiger partial charge is 0.216 e. The number of ether oxygens (including phenoxy) is 2. The normalized spacial score (nSPS) is 11.4. The van der Waals surface area contributed by atoms with Crippen LogP contribution in [0.3, 0.4) is 0 Å². The van der Waals surface area contributed by atoms with Gasteiger partial charge in [0.1, 0.15) is 6.61 Å². The minimum atomic E-state index is 0.204. The molecule has 1 aromatic heterocycles. The van der Waals surface area contributed by atoms with Gasteiger partial charge < -0.3 is 9.47 Å². The Morgan fingerprint density at radius 3 is 2.69 bits per heavy atom. The van der Waals surface area contributed by atoms with E-state index in [1.54, 1.807) is 18.0 Å². The number of aromatic nitrogens is 3. The lowest BCUT2D eigenvalue weighted by atomic mass is 10.1. The summed E-state index contributed by atoms with van der Waals surface area (Å²) >= 11 is 5.26. The topological polar surface area (TPSA) is 64.4 Å². The summed E-state index contributed by atoms with van der Waals surface area (Å²) in [4.78, 5) is 0. The van der Waals surface area contributed by atoms with E-state index in [0.717, 1.165) is 17.0 Å². The number of nitrogens with one attached hydrogen (secondary N) is 1. The molecule has 3 rings (SSSR count). The Balaban J connectivity index is 1.79. The van der Waals surface area contributed by atoms with Crippen LogP contribution < -0.4 is 9.47 Å². The molecule has 0 unspecified atom stereocenters. The number of nitrogens with zero attached hydrogens (tertiary/aromatic N) is 3. The fraction of sp³-hybridized carbons (Fsp3) is 0.318. The van der Waals surface area contributed by atoms with E-state index in [1.165, 1.54) is 11.1 Å². The SMILES string of the molecule is COc1cc(/C=N\n2c(C(C)C)n[nH]c2=S)ccc1OCc1cc(C)ccc1C. The monoisotopic (exact) mass is 410 g/mol. The molecule has 0 aliphatic carbocycles. The maximum Gasteiger partial charge on any atom is 0.216 e. The van der Waals surface area contributed by atoms with Crippen LogP contribution in [0.5, 0.6) is 11.5 Å². The quantitative estimate of drug-likeness (QED) is 0.432. The first kappa shape index (κ1) is 20.8. The Labute approximate surface area is 176 Å². The minimum absolute atomic E-state index is 0.204. The summed E-state index contributed by atoms with van der Waals surface area (Å²) in [5.41, 5.74) is 4.45. The largest absolute Gasteiger partial charge is 0.493 e. The summed E-state index contributed by atoms with van der Waals surface area (Å²) in [6, 6.07) is 12.1. The van der Waals surface area contributed by atoms with Crippen molar-refractivity contribution in [2.45, 2.75) is 40.2 Å². The molecule has 0 radical (unpaired) electrons. The van der Waals surface area contributed by atoms with Gasteiger partial charge in [0.25, 0.3) is 0 Å². The van der Waals surface area contributed by atoms with E-state index in [2.05, 4.69) is 47.3 Å². The zero-order chi connectivity index (χ0) is 21.0. The zero-order valence-electron chi connectivity index (χ0n) is 17.4. The Kier molecular flexibility index (Phi) is 6.49. The Hall–Kier alpha value is -2.93. The van der Waals surface area contributed by atoms with Crippen LogP contribution in [0, 0.1) is 18.6 Å². The first-order valence-electron chi connectivity index (χ1n) is 9.47. The maximum atomic E-state index is 6.02. The van der Waals surface area contributed by atoms with Crippen molar-refractivity contribution in [3.05, 3.63) is 69.2 Å². The summed E-state index contributed by atoms with van der Waals surface area (Å²) in [6.45, 7) is 8.74. The molecule has 0 fully saturated rings. The summed E-state index contributed by atoms with van der Waals surface area (Å²) in [6.07, 6.45) is 1.73. The molecule has 152 valence electrons. The highest BCUT2D eigenvalue weighted by atomic mass is 32.1. The summed E-state index contributed by atoms with van der Waals surface area (Å²) in [7, 11) is 1.63. The van der Waals surface area contributed by atoms with Crippen LogP contribution >= 0.6 is 12.2 Å². The van der Waals surface area contributed by atoms with Crippen molar-refractivity contribution in [2.24, 2.45) is 5.10 Å². The summed E-state index contributed by atoms with van der Waals surface area (Å²) in [5.74, 6) is 2.33. The number of H-pyrrole nitrogens is 1. The lowest BCUT2D eigenvalue weighted by molar-refractivity contribution is 0.284. The molecule has 0 amide bonds. The summed E-state index contributed by atoms with van der Waals surface area (Å²) < 4.78 is 13.6. The molecule has 0 saturated heterocycles. The van der Waals surface area contributed by atoms with Crippen LogP contribution in [-0.4, -0.2) is 28.2 Å². The predicted octanol–water partition coefficient (Wildman–Crippen LogP) is 5.15. The van der Waals surface area contributed by atoms with Gasteiger partial charge in [-0.25, -0.2) is 0 Å². The highest BCUT2D eigenvalue weighted by Gasteiger charge is 2.10. The number of aromatic amines is 1. The first-order chi connectivity index (χ1) is 13.9. The first-order valence-corrected chi connectivity index (χ1v) is 9.88. The van der Waals surface area contributed by atoms with E-state index >= 15 is 0 Å². The van der Waals surface area contributed by atoms with Gasteiger partial charge >= 0.3 is 0 Å². The molecule has 0 aliphatic rings. The van der Waals surface area contributed by atoms with Gasteiger partial charge in [-0.1, -0.05) is 37.6 Å². The number of rotatable bonds is 7. The number of aryl methyl sites for hydroxylation is 2. The van der Waals surface area contributed by atoms with Gasteiger partial charge in [-0.15, -0.1) is 0 Å². The van der Waals surface area contributed by atoms with Crippen molar-refractivity contribution < 1.29 is 9.47 Å². The van der Waals surface area contributed by atoms with Crippen LogP contribution in [0.25, 0.3) is 0 Å².